The number of nitrogens with one attached hydrogen (secondary N) is 1. The average Bonchev–Trinajstić information content (AvgIpc) is 3.35. The summed E-state index contributed by atoms with van der Waals surface area (Å²) in [7, 11) is 0. The number of hydrogen-bond donors (Lipinski definition) is 1. The van der Waals surface area contributed by atoms with Crippen LogP contribution in [0.3, 0.4) is 0 Å². The van der Waals surface area contributed by atoms with Gasteiger partial charge in [0.05, 0.1) is 25.8 Å². The van der Waals surface area contributed by atoms with Crippen molar-refractivity contribution in [2.75, 3.05) is 5.32 Å². The maximum absolute atomic E-state index is 13.3. The van der Waals surface area contributed by atoms with E-state index in [-0.39, 0.29) is 18.2 Å². The van der Waals surface area contributed by atoms with Crippen LogP contribution < -0.4 is 5.32 Å². The third-order valence-electron chi connectivity index (χ3n) is 5.00. The van der Waals surface area contributed by atoms with Crippen molar-refractivity contribution in [2.24, 2.45) is 0 Å². The summed E-state index contributed by atoms with van der Waals surface area (Å²) in [5, 5.41) is 3.78. The molecule has 2 amide bonds. The fourth-order valence-corrected chi connectivity index (χ4v) is 3.95. The second-order valence-corrected chi connectivity index (χ2v) is 7.98. The molecule has 3 aromatic rings. The Morgan fingerprint density at radius 3 is 2.45 bits per heavy atom. The summed E-state index contributed by atoms with van der Waals surface area (Å²) in [6.45, 7) is 0.657. The fourth-order valence-electron chi connectivity index (χ4n) is 3.47. The molecule has 0 saturated carbocycles. The second kappa shape index (κ2) is 9.32. The predicted molar refractivity (Wildman–Crippen MR) is 122 cm³/mol. The number of nitrogens with zero attached hydrogens (tertiary/aromatic N) is 2. The van der Waals surface area contributed by atoms with Gasteiger partial charge in [0.15, 0.2) is 5.11 Å². The molecule has 1 aliphatic rings. The van der Waals surface area contributed by atoms with Gasteiger partial charge >= 0.3 is 0 Å². The third kappa shape index (κ3) is 4.95. The van der Waals surface area contributed by atoms with E-state index in [9.17, 15) is 9.59 Å². The van der Waals surface area contributed by atoms with Crippen LogP contribution in [0.1, 0.15) is 17.7 Å². The van der Waals surface area contributed by atoms with Gasteiger partial charge in [0.1, 0.15) is 11.8 Å². The van der Waals surface area contributed by atoms with Crippen molar-refractivity contribution in [3.05, 3.63) is 89.3 Å². The summed E-state index contributed by atoms with van der Waals surface area (Å²) in [5.41, 5.74) is 1.57. The molecule has 31 heavy (non-hydrogen) atoms. The highest BCUT2D eigenvalue weighted by Gasteiger charge is 2.43. The van der Waals surface area contributed by atoms with Gasteiger partial charge in [-0.1, -0.05) is 41.9 Å². The number of amides is 2. The van der Waals surface area contributed by atoms with Crippen molar-refractivity contribution in [2.45, 2.75) is 25.6 Å². The Bertz CT molecular complexity index is 1070. The zero-order valence-electron chi connectivity index (χ0n) is 16.5. The predicted octanol–water partition coefficient (Wildman–Crippen LogP) is 4.46. The third-order valence-corrected chi connectivity index (χ3v) is 5.71. The molecule has 0 spiro atoms. The van der Waals surface area contributed by atoms with Crippen LogP contribution in [0.25, 0.3) is 0 Å². The lowest BCUT2D eigenvalue weighted by molar-refractivity contribution is -0.131. The van der Waals surface area contributed by atoms with Crippen LogP contribution in [-0.4, -0.2) is 32.8 Å². The molecular formula is C23H20ClN3O3S. The topological polar surface area (TPSA) is 65.8 Å². The first-order valence-electron chi connectivity index (χ1n) is 9.75. The maximum Gasteiger partial charge on any atom is 0.252 e. The first-order valence-corrected chi connectivity index (χ1v) is 10.5. The van der Waals surface area contributed by atoms with E-state index in [1.54, 1.807) is 46.4 Å². The lowest BCUT2D eigenvalue weighted by Crippen LogP contribution is -2.37. The Kier molecular flexibility index (Phi) is 6.34. The van der Waals surface area contributed by atoms with Crippen LogP contribution in [0.2, 0.25) is 5.02 Å². The van der Waals surface area contributed by atoms with Crippen molar-refractivity contribution in [1.82, 2.24) is 9.80 Å². The van der Waals surface area contributed by atoms with Gasteiger partial charge in [-0.2, -0.15) is 0 Å². The largest absolute Gasteiger partial charge is 0.467 e. The molecule has 0 radical (unpaired) electrons. The van der Waals surface area contributed by atoms with Gasteiger partial charge in [-0.25, -0.2) is 0 Å². The molecule has 158 valence electrons. The van der Waals surface area contributed by atoms with Gasteiger partial charge in [-0.05, 0) is 54.2 Å². The SMILES string of the molecule is O=C(C[C@H]1C(=O)N(Cc2ccccc2)C(=S)N1Cc1ccco1)Nc1ccc(Cl)cc1. The number of benzene rings is 2. The molecule has 1 aromatic heterocycles. The highest BCUT2D eigenvalue weighted by molar-refractivity contribution is 7.80. The molecule has 4 rings (SSSR count). The number of furan rings is 1. The van der Waals surface area contributed by atoms with Gasteiger partial charge in [0.2, 0.25) is 5.91 Å². The Morgan fingerprint density at radius 2 is 1.77 bits per heavy atom. The zero-order chi connectivity index (χ0) is 21.8. The summed E-state index contributed by atoms with van der Waals surface area (Å²) in [5.74, 6) is 0.181. The Morgan fingerprint density at radius 1 is 1.03 bits per heavy atom. The highest BCUT2D eigenvalue weighted by Crippen LogP contribution is 2.26. The maximum atomic E-state index is 13.3. The van der Waals surface area contributed by atoms with E-state index in [4.69, 9.17) is 28.2 Å². The van der Waals surface area contributed by atoms with Gasteiger partial charge in [-0.15, -0.1) is 0 Å². The normalized spacial score (nSPS) is 16.1. The summed E-state index contributed by atoms with van der Waals surface area (Å²) in [4.78, 5) is 29.3. The lowest BCUT2D eigenvalue weighted by Gasteiger charge is -2.22. The van der Waals surface area contributed by atoms with Crippen LogP contribution in [0, 0.1) is 0 Å². The molecule has 8 heteroatoms. The van der Waals surface area contributed by atoms with Crippen molar-refractivity contribution in [1.29, 1.82) is 0 Å². The standard InChI is InChI=1S/C23H20ClN3O3S/c24-17-8-10-18(11-9-17)25-21(28)13-20-22(29)27(14-16-5-2-1-3-6-16)23(31)26(20)15-19-7-4-12-30-19/h1-12,20H,13-15H2,(H,25,28)/t20-/m0/s1. The van der Waals surface area contributed by atoms with Crippen LogP contribution in [0.15, 0.2) is 77.4 Å². The number of anilines is 1. The number of halogens is 1. The Hall–Kier alpha value is -3.16. The van der Waals surface area contributed by atoms with E-state index in [0.717, 1.165) is 5.56 Å². The van der Waals surface area contributed by atoms with Gasteiger partial charge in [0, 0.05) is 10.7 Å². The minimum absolute atomic E-state index is 0.0341. The van der Waals surface area contributed by atoms with E-state index < -0.39 is 6.04 Å². The molecule has 6 nitrogen and oxygen atoms in total. The van der Waals surface area contributed by atoms with E-state index in [1.807, 2.05) is 36.4 Å². The zero-order valence-corrected chi connectivity index (χ0v) is 18.1. The van der Waals surface area contributed by atoms with Crippen molar-refractivity contribution in [3.63, 3.8) is 0 Å². The number of thiocarbonyl (C=S) groups is 1. The van der Waals surface area contributed by atoms with Crippen LogP contribution in [0.4, 0.5) is 5.69 Å². The number of hydrogen-bond acceptors (Lipinski definition) is 4. The van der Waals surface area contributed by atoms with Gasteiger partial charge < -0.3 is 14.6 Å². The van der Waals surface area contributed by atoms with E-state index in [2.05, 4.69) is 5.32 Å². The van der Waals surface area contributed by atoms with Crippen LogP contribution in [0.5, 0.6) is 0 Å². The molecule has 1 saturated heterocycles. The molecule has 1 aliphatic heterocycles. The smallest absolute Gasteiger partial charge is 0.252 e. The molecule has 2 heterocycles. The minimum Gasteiger partial charge on any atom is -0.467 e. The lowest BCUT2D eigenvalue weighted by atomic mass is 10.1. The quantitative estimate of drug-likeness (QED) is 0.535. The highest BCUT2D eigenvalue weighted by atomic mass is 35.5. The molecular weight excluding hydrogens is 434 g/mol. The van der Waals surface area contributed by atoms with Crippen molar-refractivity contribution < 1.29 is 14.0 Å². The summed E-state index contributed by atoms with van der Waals surface area (Å²) < 4.78 is 5.45. The van der Waals surface area contributed by atoms with E-state index >= 15 is 0 Å². The second-order valence-electron chi connectivity index (χ2n) is 7.17. The van der Waals surface area contributed by atoms with Crippen LogP contribution >= 0.6 is 23.8 Å². The molecule has 1 fully saturated rings. The van der Waals surface area contributed by atoms with Crippen molar-refractivity contribution >= 4 is 46.4 Å². The Balaban J connectivity index is 1.53. The molecule has 0 aliphatic carbocycles. The minimum atomic E-state index is -0.714. The summed E-state index contributed by atoms with van der Waals surface area (Å²) in [6.07, 6.45) is 1.54. The Labute approximate surface area is 190 Å². The molecule has 1 N–H and O–H groups in total. The number of rotatable bonds is 7. The number of carbonyl (C=O) groups is 2. The molecule has 0 bridgehead atoms. The number of carbonyl (C=O) groups excluding carboxylic acids is 2. The van der Waals surface area contributed by atoms with Crippen LogP contribution in [-0.2, 0) is 22.7 Å². The summed E-state index contributed by atoms with van der Waals surface area (Å²) >= 11 is 11.5. The molecule has 1 atom stereocenters. The first-order chi connectivity index (χ1) is 15.0. The first kappa shape index (κ1) is 21.1. The van der Waals surface area contributed by atoms with E-state index in [1.165, 1.54) is 0 Å². The van der Waals surface area contributed by atoms with E-state index in [0.29, 0.717) is 34.7 Å². The molecule has 2 aromatic carbocycles. The summed E-state index contributed by atoms with van der Waals surface area (Å²) in [6, 6.07) is 19.3. The monoisotopic (exact) mass is 453 g/mol. The molecule has 0 unspecified atom stereocenters. The van der Waals surface area contributed by atoms with Gasteiger partial charge in [-0.3, -0.25) is 14.5 Å². The van der Waals surface area contributed by atoms with Crippen molar-refractivity contribution in [3.8, 4) is 0 Å². The average molecular weight is 454 g/mol. The fraction of sp³-hybridized carbons (Fsp3) is 0.174. The van der Waals surface area contributed by atoms with Gasteiger partial charge in [0.25, 0.3) is 5.91 Å².